The Hall–Kier alpha value is -2.28. The van der Waals surface area contributed by atoms with E-state index in [1.54, 1.807) is 18.2 Å². The van der Waals surface area contributed by atoms with Gasteiger partial charge in [0.25, 0.3) is 0 Å². The maximum Gasteiger partial charge on any atom is 0.407 e. The van der Waals surface area contributed by atoms with Crippen LogP contribution in [0.3, 0.4) is 0 Å². The third-order valence-electron chi connectivity index (χ3n) is 3.23. The standard InChI is InChI=1S/C14H12FN3O2S/c15-11-6-2-1-5-10(11)13-17-16-12(21-13)9-4-3-7-18(8-9)14(19)20/h1-2,4-6H,3,7-8H2,(H,19,20). The number of rotatable bonds is 2. The molecule has 0 bridgehead atoms. The molecule has 108 valence electrons. The summed E-state index contributed by atoms with van der Waals surface area (Å²) in [5.74, 6) is -0.343. The SMILES string of the molecule is O=C(O)N1CCC=C(c2nnc(-c3ccccc3F)s2)C1. The lowest BCUT2D eigenvalue weighted by molar-refractivity contribution is 0.150. The minimum absolute atomic E-state index is 0.293. The molecule has 1 aliphatic heterocycles. The van der Waals surface area contributed by atoms with Crippen molar-refractivity contribution in [3.8, 4) is 10.6 Å². The average molecular weight is 305 g/mol. The Balaban J connectivity index is 1.87. The van der Waals surface area contributed by atoms with Gasteiger partial charge in [-0.05, 0) is 18.6 Å². The molecule has 1 N–H and O–H groups in total. The molecule has 0 saturated heterocycles. The summed E-state index contributed by atoms with van der Waals surface area (Å²) in [5.41, 5.74) is 1.23. The summed E-state index contributed by atoms with van der Waals surface area (Å²) in [4.78, 5) is 12.4. The Morgan fingerprint density at radius 2 is 2.05 bits per heavy atom. The van der Waals surface area contributed by atoms with Crippen molar-refractivity contribution in [3.05, 3.63) is 41.2 Å². The van der Waals surface area contributed by atoms with Gasteiger partial charge in [0.05, 0.1) is 6.54 Å². The number of aromatic nitrogens is 2. The van der Waals surface area contributed by atoms with Gasteiger partial charge in [0.2, 0.25) is 0 Å². The van der Waals surface area contributed by atoms with Gasteiger partial charge < -0.3 is 10.0 Å². The molecule has 1 amide bonds. The van der Waals surface area contributed by atoms with Gasteiger partial charge in [-0.1, -0.05) is 29.5 Å². The second kappa shape index (κ2) is 5.61. The van der Waals surface area contributed by atoms with Crippen LogP contribution in [-0.4, -0.2) is 39.4 Å². The quantitative estimate of drug-likeness (QED) is 0.925. The molecule has 1 aromatic heterocycles. The molecule has 0 spiro atoms. The lowest BCUT2D eigenvalue weighted by atomic mass is 10.1. The number of benzene rings is 1. The molecule has 0 aliphatic carbocycles. The molecule has 0 radical (unpaired) electrons. The predicted octanol–water partition coefficient (Wildman–Crippen LogP) is 3.11. The van der Waals surface area contributed by atoms with Crippen molar-refractivity contribution in [1.82, 2.24) is 15.1 Å². The molecule has 7 heteroatoms. The van der Waals surface area contributed by atoms with E-state index in [9.17, 15) is 9.18 Å². The van der Waals surface area contributed by atoms with Crippen molar-refractivity contribution in [3.63, 3.8) is 0 Å². The molecule has 0 unspecified atom stereocenters. The van der Waals surface area contributed by atoms with Crippen molar-refractivity contribution >= 4 is 23.0 Å². The highest BCUT2D eigenvalue weighted by Crippen LogP contribution is 2.30. The lowest BCUT2D eigenvalue weighted by Crippen LogP contribution is -2.34. The Morgan fingerprint density at radius 1 is 1.29 bits per heavy atom. The molecule has 1 aliphatic rings. The summed E-state index contributed by atoms with van der Waals surface area (Å²) in [6.07, 6.45) is 1.67. The van der Waals surface area contributed by atoms with E-state index in [4.69, 9.17) is 5.11 Å². The highest BCUT2D eigenvalue weighted by molar-refractivity contribution is 7.15. The highest BCUT2D eigenvalue weighted by atomic mass is 32.1. The second-order valence-corrected chi connectivity index (χ2v) is 5.59. The predicted molar refractivity (Wildman–Crippen MR) is 77.5 cm³/mol. The van der Waals surface area contributed by atoms with E-state index in [1.165, 1.54) is 22.3 Å². The van der Waals surface area contributed by atoms with Crippen LogP contribution in [0.5, 0.6) is 0 Å². The van der Waals surface area contributed by atoms with Crippen LogP contribution in [0.15, 0.2) is 30.3 Å². The van der Waals surface area contributed by atoms with Crippen LogP contribution in [-0.2, 0) is 0 Å². The van der Waals surface area contributed by atoms with E-state index in [1.807, 2.05) is 6.08 Å². The first-order valence-electron chi connectivity index (χ1n) is 6.41. The fourth-order valence-corrected chi connectivity index (χ4v) is 3.06. The van der Waals surface area contributed by atoms with Crippen molar-refractivity contribution in [2.24, 2.45) is 0 Å². The summed E-state index contributed by atoms with van der Waals surface area (Å²) in [5, 5.41) is 18.3. The number of carbonyl (C=O) groups is 1. The smallest absolute Gasteiger partial charge is 0.407 e. The second-order valence-electron chi connectivity index (χ2n) is 4.61. The average Bonchev–Trinajstić information content (AvgIpc) is 2.97. The maximum absolute atomic E-state index is 13.7. The molecule has 1 aromatic carbocycles. The molecule has 2 aromatic rings. The molecule has 0 saturated carbocycles. The number of halogens is 1. The summed E-state index contributed by atoms with van der Waals surface area (Å²) in [7, 11) is 0. The minimum atomic E-state index is -0.945. The van der Waals surface area contributed by atoms with Gasteiger partial charge in [-0.25, -0.2) is 9.18 Å². The number of amides is 1. The van der Waals surface area contributed by atoms with Crippen molar-refractivity contribution in [2.45, 2.75) is 6.42 Å². The summed E-state index contributed by atoms with van der Waals surface area (Å²) >= 11 is 1.27. The van der Waals surface area contributed by atoms with Gasteiger partial charge in [-0.2, -0.15) is 0 Å². The number of nitrogens with zero attached hydrogens (tertiary/aromatic N) is 3. The molecule has 0 atom stereocenters. The summed E-state index contributed by atoms with van der Waals surface area (Å²) in [6.45, 7) is 0.777. The first kappa shape index (κ1) is 13.7. The molecular weight excluding hydrogens is 293 g/mol. The molecule has 5 nitrogen and oxygen atoms in total. The van der Waals surface area contributed by atoms with E-state index >= 15 is 0 Å². The third kappa shape index (κ3) is 2.78. The van der Waals surface area contributed by atoms with E-state index < -0.39 is 6.09 Å². The Kier molecular flexibility index (Phi) is 3.66. The topological polar surface area (TPSA) is 66.3 Å². The monoisotopic (exact) mass is 305 g/mol. The van der Waals surface area contributed by atoms with Gasteiger partial charge in [-0.3, -0.25) is 0 Å². The normalized spacial score (nSPS) is 14.9. The fraction of sp³-hybridized carbons (Fsp3) is 0.214. The van der Waals surface area contributed by atoms with E-state index in [-0.39, 0.29) is 5.82 Å². The maximum atomic E-state index is 13.7. The van der Waals surface area contributed by atoms with Gasteiger partial charge in [0.15, 0.2) is 5.01 Å². The number of hydrogen-bond acceptors (Lipinski definition) is 4. The Morgan fingerprint density at radius 3 is 2.81 bits per heavy atom. The van der Waals surface area contributed by atoms with Gasteiger partial charge >= 0.3 is 6.09 Å². The molecule has 3 rings (SSSR count). The minimum Gasteiger partial charge on any atom is -0.465 e. The summed E-state index contributed by atoms with van der Waals surface area (Å²) < 4.78 is 13.7. The Labute approximate surface area is 124 Å². The molecule has 21 heavy (non-hydrogen) atoms. The summed E-state index contributed by atoms with van der Waals surface area (Å²) in [6, 6.07) is 6.39. The molecular formula is C14H12FN3O2S. The van der Waals surface area contributed by atoms with E-state index in [2.05, 4.69) is 10.2 Å². The largest absolute Gasteiger partial charge is 0.465 e. The van der Waals surface area contributed by atoms with Crippen LogP contribution in [0, 0.1) is 5.82 Å². The van der Waals surface area contributed by atoms with E-state index in [0.29, 0.717) is 35.1 Å². The lowest BCUT2D eigenvalue weighted by Gasteiger charge is -2.23. The van der Waals surface area contributed by atoms with Crippen LogP contribution < -0.4 is 0 Å². The van der Waals surface area contributed by atoms with E-state index in [0.717, 1.165) is 5.57 Å². The van der Waals surface area contributed by atoms with Crippen molar-refractivity contribution < 1.29 is 14.3 Å². The van der Waals surface area contributed by atoms with Crippen LogP contribution in [0.25, 0.3) is 16.1 Å². The van der Waals surface area contributed by atoms with Crippen molar-refractivity contribution in [1.29, 1.82) is 0 Å². The van der Waals surface area contributed by atoms with Crippen molar-refractivity contribution in [2.75, 3.05) is 13.1 Å². The molecule has 0 fully saturated rings. The highest BCUT2D eigenvalue weighted by Gasteiger charge is 2.21. The van der Waals surface area contributed by atoms with Crippen LogP contribution in [0.1, 0.15) is 11.4 Å². The van der Waals surface area contributed by atoms with Gasteiger partial charge in [-0.15, -0.1) is 10.2 Å². The first-order valence-corrected chi connectivity index (χ1v) is 7.22. The van der Waals surface area contributed by atoms with Crippen LogP contribution >= 0.6 is 11.3 Å². The van der Waals surface area contributed by atoms with Crippen LogP contribution in [0.4, 0.5) is 9.18 Å². The molecule has 2 heterocycles. The van der Waals surface area contributed by atoms with Gasteiger partial charge in [0.1, 0.15) is 10.8 Å². The zero-order valence-electron chi connectivity index (χ0n) is 11.0. The first-order chi connectivity index (χ1) is 10.1. The van der Waals surface area contributed by atoms with Crippen LogP contribution in [0.2, 0.25) is 0 Å². The van der Waals surface area contributed by atoms with Gasteiger partial charge in [0, 0.05) is 17.7 Å². The number of hydrogen-bond donors (Lipinski definition) is 1. The zero-order chi connectivity index (χ0) is 14.8. The fourth-order valence-electron chi connectivity index (χ4n) is 2.16. The Bertz CT molecular complexity index is 714. The number of carboxylic acid groups (broad SMARTS) is 1. The third-order valence-corrected chi connectivity index (χ3v) is 4.26. The zero-order valence-corrected chi connectivity index (χ0v) is 11.8.